The normalized spacial score (nSPS) is 10.1. The Morgan fingerprint density at radius 1 is 1.29 bits per heavy atom. The minimum absolute atomic E-state index is 0.416. The minimum atomic E-state index is -0.437. The van der Waals surface area contributed by atoms with E-state index in [1.54, 1.807) is 23.0 Å². The van der Waals surface area contributed by atoms with Crippen molar-refractivity contribution >= 4 is 17.3 Å². The van der Waals surface area contributed by atoms with Crippen LogP contribution in [0.4, 0.5) is 10.3 Å². The molecule has 0 spiro atoms. The fourth-order valence-corrected chi connectivity index (χ4v) is 1.43. The number of nitrogens with zero attached hydrogens (tertiary/aromatic N) is 3. The number of anilines is 1. The van der Waals surface area contributed by atoms with Crippen molar-refractivity contribution in [2.45, 2.75) is 6.54 Å². The van der Waals surface area contributed by atoms with Crippen molar-refractivity contribution in [3.63, 3.8) is 0 Å². The van der Waals surface area contributed by atoms with E-state index in [4.69, 9.17) is 0 Å². The molecule has 2 aromatic heterocycles. The van der Waals surface area contributed by atoms with Crippen LogP contribution in [0.3, 0.4) is 0 Å². The summed E-state index contributed by atoms with van der Waals surface area (Å²) < 4.78 is 12.4. The second kappa shape index (κ2) is 4.10. The quantitative estimate of drug-likeness (QED) is 0.837. The molecule has 0 fully saturated rings. The van der Waals surface area contributed by atoms with Gasteiger partial charge in [0.2, 0.25) is 5.95 Å². The fourth-order valence-electron chi connectivity index (χ4n) is 0.899. The Morgan fingerprint density at radius 2 is 2.07 bits per heavy atom. The third-order valence-corrected chi connectivity index (χ3v) is 2.30. The van der Waals surface area contributed by atoms with E-state index in [2.05, 4.69) is 20.3 Å². The zero-order valence-corrected chi connectivity index (χ0v) is 7.96. The SMILES string of the molecule is Fc1cnc(NCc2cncs2)nc1. The molecule has 0 unspecified atom stereocenters. The van der Waals surface area contributed by atoms with Gasteiger partial charge in [0.15, 0.2) is 5.82 Å². The Hall–Kier alpha value is -1.56. The van der Waals surface area contributed by atoms with Gasteiger partial charge in [-0.05, 0) is 0 Å². The van der Waals surface area contributed by atoms with Gasteiger partial charge in [-0.15, -0.1) is 11.3 Å². The van der Waals surface area contributed by atoms with E-state index in [9.17, 15) is 4.39 Å². The van der Waals surface area contributed by atoms with Gasteiger partial charge in [-0.25, -0.2) is 14.4 Å². The average molecular weight is 210 g/mol. The summed E-state index contributed by atoms with van der Waals surface area (Å²) in [6.45, 7) is 0.607. The van der Waals surface area contributed by atoms with Crippen LogP contribution in [0.1, 0.15) is 4.88 Å². The van der Waals surface area contributed by atoms with E-state index >= 15 is 0 Å². The number of hydrogen-bond donors (Lipinski definition) is 1. The van der Waals surface area contributed by atoms with E-state index in [1.807, 2.05) is 0 Å². The highest BCUT2D eigenvalue weighted by Crippen LogP contribution is 2.07. The average Bonchev–Trinajstić information content (AvgIpc) is 2.70. The van der Waals surface area contributed by atoms with Crippen LogP contribution >= 0.6 is 11.3 Å². The predicted octanol–water partition coefficient (Wildman–Crippen LogP) is 1.68. The van der Waals surface area contributed by atoms with Gasteiger partial charge in [-0.3, -0.25) is 4.98 Å². The van der Waals surface area contributed by atoms with Gasteiger partial charge < -0.3 is 5.32 Å². The molecule has 1 N–H and O–H groups in total. The summed E-state index contributed by atoms with van der Waals surface area (Å²) in [4.78, 5) is 12.5. The highest BCUT2D eigenvalue weighted by atomic mass is 32.1. The van der Waals surface area contributed by atoms with Crippen molar-refractivity contribution in [1.29, 1.82) is 0 Å². The molecule has 0 aliphatic carbocycles. The largest absolute Gasteiger partial charge is 0.349 e. The Morgan fingerprint density at radius 3 is 2.71 bits per heavy atom. The number of rotatable bonds is 3. The molecule has 2 aromatic rings. The Bertz CT molecular complexity index is 386. The lowest BCUT2D eigenvalue weighted by molar-refractivity contribution is 0.614. The molecule has 0 aliphatic rings. The first-order valence-corrected chi connectivity index (χ1v) is 4.81. The van der Waals surface area contributed by atoms with Crippen LogP contribution in [0.5, 0.6) is 0 Å². The van der Waals surface area contributed by atoms with Gasteiger partial charge >= 0.3 is 0 Å². The Kier molecular flexibility index (Phi) is 2.64. The summed E-state index contributed by atoms with van der Waals surface area (Å²) >= 11 is 1.54. The monoisotopic (exact) mass is 210 g/mol. The Labute approximate surface area is 83.9 Å². The van der Waals surface area contributed by atoms with E-state index in [1.165, 1.54) is 0 Å². The summed E-state index contributed by atoms with van der Waals surface area (Å²) in [6.07, 6.45) is 4.02. The molecule has 0 saturated heterocycles. The molecule has 0 atom stereocenters. The molecule has 0 aliphatic heterocycles. The zero-order chi connectivity index (χ0) is 9.80. The lowest BCUT2D eigenvalue weighted by atomic mass is 10.5. The molecule has 6 heteroatoms. The van der Waals surface area contributed by atoms with E-state index in [0.29, 0.717) is 12.5 Å². The predicted molar refractivity (Wildman–Crippen MR) is 51.4 cm³/mol. The number of hydrogen-bond acceptors (Lipinski definition) is 5. The maximum atomic E-state index is 12.4. The van der Waals surface area contributed by atoms with Crippen LogP contribution in [0, 0.1) is 5.82 Å². The van der Waals surface area contributed by atoms with Gasteiger partial charge in [0, 0.05) is 11.1 Å². The van der Waals surface area contributed by atoms with Crippen LogP contribution in [0.25, 0.3) is 0 Å². The summed E-state index contributed by atoms with van der Waals surface area (Å²) in [5.74, 6) is -0.0202. The van der Waals surface area contributed by atoms with Crippen LogP contribution in [0.2, 0.25) is 0 Å². The molecule has 14 heavy (non-hydrogen) atoms. The Balaban J connectivity index is 1.95. The van der Waals surface area contributed by atoms with Gasteiger partial charge in [0.25, 0.3) is 0 Å². The van der Waals surface area contributed by atoms with Crippen LogP contribution in [-0.4, -0.2) is 15.0 Å². The van der Waals surface area contributed by atoms with Gasteiger partial charge in [-0.1, -0.05) is 0 Å². The number of halogens is 1. The summed E-state index contributed by atoms with van der Waals surface area (Å²) in [7, 11) is 0. The number of nitrogens with one attached hydrogen (secondary N) is 1. The molecule has 0 saturated carbocycles. The topological polar surface area (TPSA) is 50.7 Å². The van der Waals surface area contributed by atoms with Crippen molar-refractivity contribution in [3.05, 3.63) is 34.8 Å². The smallest absolute Gasteiger partial charge is 0.223 e. The fraction of sp³-hybridized carbons (Fsp3) is 0.125. The maximum absolute atomic E-state index is 12.4. The first-order chi connectivity index (χ1) is 6.84. The number of aromatic nitrogens is 3. The minimum Gasteiger partial charge on any atom is -0.349 e. The second-order valence-electron chi connectivity index (χ2n) is 2.55. The van der Waals surface area contributed by atoms with Gasteiger partial charge in [0.05, 0.1) is 24.4 Å². The second-order valence-corrected chi connectivity index (χ2v) is 3.52. The highest BCUT2D eigenvalue weighted by molar-refractivity contribution is 7.09. The molecular formula is C8H7FN4S. The third-order valence-electron chi connectivity index (χ3n) is 1.52. The van der Waals surface area contributed by atoms with Crippen molar-refractivity contribution in [3.8, 4) is 0 Å². The van der Waals surface area contributed by atoms with Crippen molar-refractivity contribution in [2.75, 3.05) is 5.32 Å². The molecule has 0 bridgehead atoms. The molecule has 0 aromatic carbocycles. The lowest BCUT2D eigenvalue weighted by Gasteiger charge is -2.00. The van der Waals surface area contributed by atoms with Gasteiger partial charge in [0.1, 0.15) is 0 Å². The van der Waals surface area contributed by atoms with Crippen LogP contribution < -0.4 is 5.32 Å². The van der Waals surface area contributed by atoms with E-state index in [0.717, 1.165) is 17.3 Å². The third kappa shape index (κ3) is 2.23. The molecule has 0 amide bonds. The van der Waals surface area contributed by atoms with Crippen molar-refractivity contribution < 1.29 is 4.39 Å². The molecule has 72 valence electrons. The number of thiazole rings is 1. The first kappa shape index (κ1) is 9.01. The van der Waals surface area contributed by atoms with Gasteiger partial charge in [-0.2, -0.15) is 0 Å². The lowest BCUT2D eigenvalue weighted by Crippen LogP contribution is -2.02. The van der Waals surface area contributed by atoms with Crippen molar-refractivity contribution in [1.82, 2.24) is 15.0 Å². The first-order valence-electron chi connectivity index (χ1n) is 3.93. The zero-order valence-electron chi connectivity index (χ0n) is 7.14. The van der Waals surface area contributed by atoms with E-state index < -0.39 is 5.82 Å². The van der Waals surface area contributed by atoms with Crippen LogP contribution in [0.15, 0.2) is 24.1 Å². The highest BCUT2D eigenvalue weighted by Gasteiger charge is 1.97. The molecule has 2 heterocycles. The summed E-state index contributed by atoms with van der Waals surface area (Å²) in [5.41, 5.74) is 1.75. The molecule has 0 radical (unpaired) electrons. The van der Waals surface area contributed by atoms with Crippen molar-refractivity contribution in [2.24, 2.45) is 0 Å². The maximum Gasteiger partial charge on any atom is 0.223 e. The molecule has 4 nitrogen and oxygen atoms in total. The molecular weight excluding hydrogens is 203 g/mol. The summed E-state index contributed by atoms with van der Waals surface area (Å²) in [6, 6.07) is 0. The molecule has 2 rings (SSSR count). The standard InChI is InChI=1S/C8H7FN4S/c9-6-1-11-8(12-2-6)13-4-7-3-10-5-14-7/h1-3,5H,4H2,(H,11,12,13). The summed E-state index contributed by atoms with van der Waals surface area (Å²) in [5, 5.41) is 2.96. The van der Waals surface area contributed by atoms with Crippen LogP contribution in [-0.2, 0) is 6.54 Å². The van der Waals surface area contributed by atoms with E-state index in [-0.39, 0.29) is 0 Å².